The van der Waals surface area contributed by atoms with E-state index in [1.54, 1.807) is 6.20 Å². The minimum absolute atomic E-state index is 0.756. The largest absolute Gasteiger partial charge is 0.492 e. The van der Waals surface area contributed by atoms with E-state index < -0.39 is 0 Å². The Morgan fingerprint density at radius 2 is 1.46 bits per heavy atom. The maximum atomic E-state index is 5.69. The van der Waals surface area contributed by atoms with E-state index in [1.165, 1.54) is 63.4 Å². The lowest BCUT2D eigenvalue weighted by Gasteiger charge is -2.04. The Bertz CT molecular complexity index is 707. The molecule has 0 spiro atoms. The van der Waals surface area contributed by atoms with Crippen LogP contribution in [0.1, 0.15) is 88.5 Å². The van der Waals surface area contributed by atoms with Crippen molar-refractivity contribution in [1.29, 1.82) is 0 Å². The van der Waals surface area contributed by atoms with Crippen molar-refractivity contribution in [3.8, 4) is 17.6 Å². The molecule has 0 saturated carbocycles. The van der Waals surface area contributed by atoms with Gasteiger partial charge < -0.3 is 4.74 Å². The maximum absolute atomic E-state index is 5.69. The van der Waals surface area contributed by atoms with Crippen molar-refractivity contribution in [3.63, 3.8) is 0 Å². The fraction of sp³-hybridized carbons (Fsp3) is 0.500. The van der Waals surface area contributed by atoms with Crippen molar-refractivity contribution in [2.45, 2.75) is 78.1 Å². The molecule has 1 heterocycles. The SMILES string of the molecule is CCCCCCCCc1ccc(C#Cc2ccc(OCCCCC)cn2)cc1. The molecular formula is C26H35NO. The molecule has 2 heteroatoms. The number of ether oxygens (including phenoxy) is 1. The number of aromatic nitrogens is 1. The first-order valence-corrected chi connectivity index (χ1v) is 11.0. The molecule has 2 aromatic rings. The summed E-state index contributed by atoms with van der Waals surface area (Å²) >= 11 is 0. The molecule has 150 valence electrons. The molecule has 0 bridgehead atoms. The summed E-state index contributed by atoms with van der Waals surface area (Å²) in [6.07, 6.45) is 14.5. The second-order valence-electron chi connectivity index (χ2n) is 7.40. The van der Waals surface area contributed by atoms with E-state index in [1.807, 2.05) is 12.1 Å². The van der Waals surface area contributed by atoms with Crippen LogP contribution in [-0.2, 0) is 6.42 Å². The number of hydrogen-bond donors (Lipinski definition) is 0. The summed E-state index contributed by atoms with van der Waals surface area (Å²) in [4.78, 5) is 4.38. The Labute approximate surface area is 171 Å². The lowest BCUT2D eigenvalue weighted by Crippen LogP contribution is -1.97. The Hall–Kier alpha value is -2.27. The monoisotopic (exact) mass is 377 g/mol. The molecule has 2 nitrogen and oxygen atoms in total. The van der Waals surface area contributed by atoms with Gasteiger partial charge in [0.1, 0.15) is 11.4 Å². The van der Waals surface area contributed by atoms with E-state index in [9.17, 15) is 0 Å². The van der Waals surface area contributed by atoms with Gasteiger partial charge in [-0.2, -0.15) is 0 Å². The average Bonchev–Trinajstić information content (AvgIpc) is 2.74. The zero-order chi connectivity index (χ0) is 19.9. The van der Waals surface area contributed by atoms with Gasteiger partial charge in [0.15, 0.2) is 0 Å². The minimum atomic E-state index is 0.756. The van der Waals surface area contributed by atoms with Crippen molar-refractivity contribution < 1.29 is 4.74 Å². The van der Waals surface area contributed by atoms with Crippen molar-refractivity contribution in [2.75, 3.05) is 6.61 Å². The predicted molar refractivity (Wildman–Crippen MR) is 119 cm³/mol. The van der Waals surface area contributed by atoms with Crippen molar-refractivity contribution >= 4 is 0 Å². The second-order valence-corrected chi connectivity index (χ2v) is 7.40. The molecule has 1 aromatic heterocycles. The van der Waals surface area contributed by atoms with Gasteiger partial charge in [-0.15, -0.1) is 0 Å². The molecule has 28 heavy (non-hydrogen) atoms. The topological polar surface area (TPSA) is 22.1 Å². The highest BCUT2D eigenvalue weighted by atomic mass is 16.5. The fourth-order valence-corrected chi connectivity index (χ4v) is 3.08. The third-order valence-corrected chi connectivity index (χ3v) is 4.86. The molecular weight excluding hydrogens is 342 g/mol. The van der Waals surface area contributed by atoms with Crippen LogP contribution in [0.4, 0.5) is 0 Å². The highest BCUT2D eigenvalue weighted by molar-refractivity contribution is 5.41. The molecule has 0 amide bonds. The second kappa shape index (κ2) is 13.8. The summed E-state index contributed by atoms with van der Waals surface area (Å²) in [5.41, 5.74) is 3.22. The van der Waals surface area contributed by atoms with Crippen LogP contribution in [0, 0.1) is 11.8 Å². The Kier molecular flexibility index (Phi) is 10.9. The van der Waals surface area contributed by atoms with Crippen LogP contribution in [-0.4, -0.2) is 11.6 Å². The number of unbranched alkanes of at least 4 members (excludes halogenated alkanes) is 7. The van der Waals surface area contributed by atoms with E-state index >= 15 is 0 Å². The summed E-state index contributed by atoms with van der Waals surface area (Å²) < 4.78 is 5.69. The fourth-order valence-electron chi connectivity index (χ4n) is 3.08. The van der Waals surface area contributed by atoms with Gasteiger partial charge in [0, 0.05) is 5.56 Å². The summed E-state index contributed by atoms with van der Waals surface area (Å²) in [6, 6.07) is 12.5. The van der Waals surface area contributed by atoms with E-state index in [-0.39, 0.29) is 0 Å². The van der Waals surface area contributed by atoms with Gasteiger partial charge in [-0.05, 0) is 55.0 Å². The molecule has 0 saturated heterocycles. The van der Waals surface area contributed by atoms with Gasteiger partial charge in [0.2, 0.25) is 0 Å². The number of aryl methyl sites for hydroxylation is 1. The zero-order valence-electron chi connectivity index (χ0n) is 17.7. The Balaban J connectivity index is 1.75. The van der Waals surface area contributed by atoms with Crippen molar-refractivity contribution in [2.24, 2.45) is 0 Å². The highest BCUT2D eigenvalue weighted by Gasteiger charge is 1.97. The summed E-state index contributed by atoms with van der Waals surface area (Å²) in [5.74, 6) is 7.16. The number of benzene rings is 1. The molecule has 0 fully saturated rings. The molecule has 2 rings (SSSR count). The Morgan fingerprint density at radius 1 is 0.750 bits per heavy atom. The maximum Gasteiger partial charge on any atom is 0.137 e. The number of rotatable bonds is 12. The first kappa shape index (κ1) is 22.0. The molecule has 0 radical (unpaired) electrons. The van der Waals surface area contributed by atoms with Crippen LogP contribution < -0.4 is 4.74 Å². The van der Waals surface area contributed by atoms with Gasteiger partial charge in [0.25, 0.3) is 0 Å². The van der Waals surface area contributed by atoms with Gasteiger partial charge in [0.05, 0.1) is 12.8 Å². The van der Waals surface area contributed by atoms with Gasteiger partial charge in [-0.1, -0.05) is 76.8 Å². The van der Waals surface area contributed by atoms with Crippen LogP contribution in [0.2, 0.25) is 0 Å². The molecule has 0 aliphatic carbocycles. The lowest BCUT2D eigenvalue weighted by atomic mass is 10.0. The molecule has 0 unspecified atom stereocenters. The quantitative estimate of drug-likeness (QED) is 0.295. The van der Waals surface area contributed by atoms with E-state index in [0.29, 0.717) is 0 Å². The Morgan fingerprint density at radius 3 is 2.18 bits per heavy atom. The van der Waals surface area contributed by atoms with Crippen molar-refractivity contribution in [1.82, 2.24) is 4.98 Å². The first-order valence-electron chi connectivity index (χ1n) is 11.0. The van der Waals surface area contributed by atoms with Crippen LogP contribution in [0.15, 0.2) is 42.6 Å². The zero-order valence-corrected chi connectivity index (χ0v) is 17.7. The minimum Gasteiger partial charge on any atom is -0.492 e. The third-order valence-electron chi connectivity index (χ3n) is 4.86. The molecule has 1 aromatic carbocycles. The van der Waals surface area contributed by atoms with E-state index in [2.05, 4.69) is 54.9 Å². The molecule has 0 N–H and O–H groups in total. The summed E-state index contributed by atoms with van der Waals surface area (Å²) in [5, 5.41) is 0. The molecule has 0 atom stereocenters. The third kappa shape index (κ3) is 9.09. The van der Waals surface area contributed by atoms with E-state index in [0.717, 1.165) is 30.0 Å². The first-order chi connectivity index (χ1) is 13.8. The predicted octanol–water partition coefficient (Wildman–Crippen LogP) is 6.95. The highest BCUT2D eigenvalue weighted by Crippen LogP contribution is 2.12. The normalized spacial score (nSPS) is 10.4. The van der Waals surface area contributed by atoms with Crippen LogP contribution in [0.25, 0.3) is 0 Å². The van der Waals surface area contributed by atoms with Crippen LogP contribution in [0.5, 0.6) is 5.75 Å². The molecule has 0 aliphatic heterocycles. The van der Waals surface area contributed by atoms with Crippen LogP contribution >= 0.6 is 0 Å². The summed E-state index contributed by atoms with van der Waals surface area (Å²) in [7, 11) is 0. The van der Waals surface area contributed by atoms with E-state index in [4.69, 9.17) is 4.74 Å². The smallest absolute Gasteiger partial charge is 0.137 e. The van der Waals surface area contributed by atoms with Gasteiger partial charge >= 0.3 is 0 Å². The number of nitrogens with zero attached hydrogens (tertiary/aromatic N) is 1. The lowest BCUT2D eigenvalue weighted by molar-refractivity contribution is 0.305. The van der Waals surface area contributed by atoms with Crippen molar-refractivity contribution in [3.05, 3.63) is 59.4 Å². The number of pyridine rings is 1. The standard InChI is InChI=1S/C26H35NO/c1-3-5-7-8-9-10-12-23-13-15-24(16-14-23)17-18-25-19-20-26(22-27-25)28-21-11-6-4-2/h13-16,19-20,22H,3-12,21H2,1-2H3. The average molecular weight is 378 g/mol. The summed E-state index contributed by atoms with van der Waals surface area (Å²) in [6.45, 7) is 5.21. The molecule has 0 aliphatic rings. The number of hydrogen-bond acceptors (Lipinski definition) is 2. The van der Waals surface area contributed by atoms with Crippen LogP contribution in [0.3, 0.4) is 0 Å². The van der Waals surface area contributed by atoms with Gasteiger partial charge in [-0.3, -0.25) is 0 Å². The van der Waals surface area contributed by atoms with Gasteiger partial charge in [-0.25, -0.2) is 4.98 Å².